The monoisotopic (exact) mass is 555 g/mol. The Kier molecular flexibility index (Phi) is 8.30. The summed E-state index contributed by atoms with van der Waals surface area (Å²) in [6, 6.07) is 4.30. The molecule has 5 rings (SSSR count). The minimum absolute atomic E-state index is 0.0231. The van der Waals surface area contributed by atoms with E-state index in [2.05, 4.69) is 32.5 Å². The van der Waals surface area contributed by atoms with Gasteiger partial charge in [-0.15, -0.1) is 0 Å². The molecule has 0 saturated heterocycles. The lowest BCUT2D eigenvalue weighted by Crippen LogP contribution is -2.48. The number of amides is 2. The van der Waals surface area contributed by atoms with E-state index in [9.17, 15) is 18.4 Å². The largest absolute Gasteiger partial charge is 0.493 e. The van der Waals surface area contributed by atoms with Crippen LogP contribution in [0.3, 0.4) is 0 Å². The smallest absolute Gasteiger partial charge is 0.263 e. The SMILES string of the molecule is COCC(=O)N[C@H]1CC[C@@H](NC(=O)c2c(C)[nH]c3c(-c4cc(C(F)F)ccc4OCC4CC4)ncnc23)[C@H](C)C1. The Morgan fingerprint density at radius 3 is 2.65 bits per heavy atom. The number of nitrogens with zero attached hydrogens (tertiary/aromatic N) is 2. The summed E-state index contributed by atoms with van der Waals surface area (Å²) in [5.41, 5.74) is 2.61. The number of nitrogens with one attached hydrogen (secondary N) is 3. The first-order valence-corrected chi connectivity index (χ1v) is 13.7. The average Bonchev–Trinajstić information content (AvgIpc) is 3.68. The predicted octanol–water partition coefficient (Wildman–Crippen LogP) is 4.71. The molecule has 2 aliphatic rings. The van der Waals surface area contributed by atoms with Crippen molar-refractivity contribution >= 4 is 22.8 Å². The molecule has 1 aromatic carbocycles. The van der Waals surface area contributed by atoms with Gasteiger partial charge in [-0.25, -0.2) is 18.7 Å². The van der Waals surface area contributed by atoms with Crippen molar-refractivity contribution in [1.29, 1.82) is 0 Å². The molecule has 3 atom stereocenters. The van der Waals surface area contributed by atoms with E-state index in [1.54, 1.807) is 13.0 Å². The van der Waals surface area contributed by atoms with Crippen molar-refractivity contribution in [3.8, 4) is 17.0 Å². The fourth-order valence-corrected chi connectivity index (χ4v) is 5.47. The molecule has 0 radical (unpaired) electrons. The summed E-state index contributed by atoms with van der Waals surface area (Å²) in [5, 5.41) is 6.14. The van der Waals surface area contributed by atoms with E-state index in [0.29, 0.717) is 58.2 Å². The summed E-state index contributed by atoms with van der Waals surface area (Å²) in [5.74, 6) is 0.684. The highest BCUT2D eigenvalue weighted by Crippen LogP contribution is 2.38. The highest BCUT2D eigenvalue weighted by molar-refractivity contribution is 6.09. The van der Waals surface area contributed by atoms with Crippen LogP contribution in [0.4, 0.5) is 8.78 Å². The Bertz CT molecular complexity index is 1390. The van der Waals surface area contributed by atoms with E-state index in [1.807, 2.05) is 0 Å². The molecule has 0 aliphatic heterocycles. The normalized spacial score (nSPS) is 21.0. The van der Waals surface area contributed by atoms with Crippen molar-refractivity contribution in [3.63, 3.8) is 0 Å². The third kappa shape index (κ3) is 6.09. The van der Waals surface area contributed by atoms with Crippen LogP contribution < -0.4 is 15.4 Å². The van der Waals surface area contributed by atoms with Gasteiger partial charge in [-0.05, 0) is 69.1 Å². The van der Waals surface area contributed by atoms with Crippen LogP contribution in [0, 0.1) is 18.8 Å². The molecule has 0 bridgehead atoms. The van der Waals surface area contributed by atoms with Gasteiger partial charge in [0.1, 0.15) is 29.9 Å². The van der Waals surface area contributed by atoms with E-state index in [-0.39, 0.29) is 42.0 Å². The molecule has 2 saturated carbocycles. The Morgan fingerprint density at radius 1 is 1.15 bits per heavy atom. The number of rotatable bonds is 10. The van der Waals surface area contributed by atoms with Crippen LogP contribution >= 0.6 is 0 Å². The van der Waals surface area contributed by atoms with Crippen molar-refractivity contribution in [1.82, 2.24) is 25.6 Å². The molecule has 3 N–H and O–H groups in total. The fourth-order valence-electron chi connectivity index (χ4n) is 5.47. The number of aromatic amines is 1. The Morgan fingerprint density at radius 2 is 1.95 bits per heavy atom. The number of aromatic nitrogens is 3. The molecule has 0 unspecified atom stereocenters. The minimum atomic E-state index is -2.65. The molecule has 11 heteroatoms. The predicted molar refractivity (Wildman–Crippen MR) is 145 cm³/mol. The van der Waals surface area contributed by atoms with E-state index >= 15 is 0 Å². The van der Waals surface area contributed by atoms with Gasteiger partial charge in [0.15, 0.2) is 0 Å². The zero-order valence-corrected chi connectivity index (χ0v) is 22.9. The molecule has 214 valence electrons. The summed E-state index contributed by atoms with van der Waals surface area (Å²) in [6.45, 7) is 4.38. The number of methoxy groups -OCH3 is 1. The summed E-state index contributed by atoms with van der Waals surface area (Å²) < 4.78 is 38.1. The third-order valence-electron chi connectivity index (χ3n) is 7.81. The first-order valence-electron chi connectivity index (χ1n) is 13.7. The van der Waals surface area contributed by atoms with E-state index < -0.39 is 6.43 Å². The molecule has 2 fully saturated rings. The molecule has 2 aliphatic carbocycles. The summed E-state index contributed by atoms with van der Waals surface area (Å²) in [7, 11) is 1.48. The van der Waals surface area contributed by atoms with E-state index in [4.69, 9.17) is 9.47 Å². The fraction of sp³-hybridized carbons (Fsp3) is 0.517. The van der Waals surface area contributed by atoms with Crippen molar-refractivity contribution in [2.45, 2.75) is 64.5 Å². The van der Waals surface area contributed by atoms with Crippen molar-refractivity contribution in [2.75, 3.05) is 20.3 Å². The number of halogens is 2. The highest BCUT2D eigenvalue weighted by Gasteiger charge is 2.31. The van der Waals surface area contributed by atoms with Crippen LogP contribution in [-0.4, -0.2) is 59.2 Å². The summed E-state index contributed by atoms with van der Waals surface area (Å²) in [4.78, 5) is 37.5. The average molecular weight is 556 g/mol. The number of fused-ring (bicyclic) bond motifs is 1. The lowest BCUT2D eigenvalue weighted by Gasteiger charge is -2.35. The van der Waals surface area contributed by atoms with Gasteiger partial charge >= 0.3 is 0 Å². The zero-order chi connectivity index (χ0) is 28.4. The number of hydrogen-bond acceptors (Lipinski definition) is 6. The van der Waals surface area contributed by atoms with Crippen molar-refractivity contribution < 1.29 is 27.8 Å². The van der Waals surface area contributed by atoms with Gasteiger partial charge in [0.25, 0.3) is 12.3 Å². The van der Waals surface area contributed by atoms with E-state index in [0.717, 1.165) is 25.7 Å². The molecule has 0 spiro atoms. The van der Waals surface area contributed by atoms with Crippen LogP contribution in [0.1, 0.15) is 67.1 Å². The number of ether oxygens (including phenoxy) is 2. The number of aryl methyl sites for hydroxylation is 1. The minimum Gasteiger partial charge on any atom is -0.493 e. The molecule has 40 heavy (non-hydrogen) atoms. The van der Waals surface area contributed by atoms with Gasteiger partial charge in [-0.3, -0.25) is 9.59 Å². The number of alkyl halides is 2. The lowest BCUT2D eigenvalue weighted by molar-refractivity contribution is -0.125. The van der Waals surface area contributed by atoms with E-state index in [1.165, 1.54) is 25.6 Å². The first-order chi connectivity index (χ1) is 19.2. The molecular weight excluding hydrogens is 520 g/mol. The molecular formula is C29H35F2N5O4. The second kappa shape index (κ2) is 11.9. The van der Waals surface area contributed by atoms with Crippen LogP contribution in [0.15, 0.2) is 24.5 Å². The van der Waals surface area contributed by atoms with Crippen LogP contribution in [0.25, 0.3) is 22.3 Å². The maximum atomic E-state index is 13.6. The number of carbonyl (C=O) groups excluding carboxylic acids is 2. The molecule has 2 heterocycles. The number of carbonyl (C=O) groups is 2. The van der Waals surface area contributed by atoms with Crippen LogP contribution in [0.5, 0.6) is 5.75 Å². The zero-order valence-electron chi connectivity index (χ0n) is 22.9. The Balaban J connectivity index is 1.39. The molecule has 2 amide bonds. The topological polar surface area (TPSA) is 118 Å². The van der Waals surface area contributed by atoms with Gasteiger partial charge in [-0.2, -0.15) is 0 Å². The van der Waals surface area contributed by atoms with Crippen LogP contribution in [0.2, 0.25) is 0 Å². The summed E-state index contributed by atoms with van der Waals surface area (Å²) >= 11 is 0. The van der Waals surface area contributed by atoms with Gasteiger partial charge < -0.3 is 25.1 Å². The lowest BCUT2D eigenvalue weighted by atomic mass is 9.82. The number of H-pyrrole nitrogens is 1. The van der Waals surface area contributed by atoms with Gasteiger partial charge in [0, 0.05) is 36.0 Å². The molecule has 9 nitrogen and oxygen atoms in total. The van der Waals surface area contributed by atoms with Gasteiger partial charge in [-0.1, -0.05) is 6.92 Å². The highest BCUT2D eigenvalue weighted by atomic mass is 19.3. The van der Waals surface area contributed by atoms with Gasteiger partial charge in [0.05, 0.1) is 17.7 Å². The third-order valence-corrected chi connectivity index (χ3v) is 7.81. The van der Waals surface area contributed by atoms with Crippen molar-refractivity contribution in [3.05, 3.63) is 41.3 Å². The van der Waals surface area contributed by atoms with Gasteiger partial charge in [0.2, 0.25) is 5.91 Å². The maximum absolute atomic E-state index is 13.6. The second-order valence-electron chi connectivity index (χ2n) is 10.9. The molecule has 3 aromatic rings. The number of hydrogen-bond donors (Lipinski definition) is 3. The number of benzene rings is 1. The Hall–Kier alpha value is -3.60. The first kappa shape index (κ1) is 27.9. The Labute approximate surface area is 231 Å². The van der Waals surface area contributed by atoms with Crippen molar-refractivity contribution in [2.24, 2.45) is 11.8 Å². The standard InChI is InChI=1S/C29H35F2N5O4/c1-15-10-19(35-23(37)13-39-3)7-8-21(15)36-29(38)24-16(2)34-27-25(32-14-33-26(24)27)20-11-18(28(30)31)6-9-22(20)40-12-17-4-5-17/h6,9,11,14-15,17,19,21,28,34H,4-5,7-8,10,12-13H2,1-3H3,(H,35,37)(H,36,38)/t15-,19+,21-/m1/s1. The van der Waals surface area contributed by atoms with Crippen LogP contribution in [-0.2, 0) is 9.53 Å². The molecule has 2 aromatic heterocycles. The maximum Gasteiger partial charge on any atom is 0.263 e. The quantitative estimate of drug-likeness (QED) is 0.334. The second-order valence-corrected chi connectivity index (χ2v) is 10.9. The summed E-state index contributed by atoms with van der Waals surface area (Å²) in [6.07, 6.45) is 3.09.